The maximum Gasteiger partial charge on any atom is 0.224 e. The Hall–Kier alpha value is -3.81. The average molecular weight is 466 g/mol. The standard InChI is InChI=1S/C26H22F4N4/c1-16(6-4-7-19(31)17-10-12-22(27)33-24(17)29)26(14-2-3-15-26)21-9-5-8-20(32-21)18-11-13-23(28)34-25(18)30/h4-13H,1-3,14-15,31H2/b6-4-,19-7-. The molecular formula is C26H22F4N4. The first kappa shape index (κ1) is 23.4. The van der Waals surface area contributed by atoms with E-state index in [0.717, 1.165) is 49.1 Å². The summed E-state index contributed by atoms with van der Waals surface area (Å²) in [5.41, 5.74) is 7.52. The third-order valence-corrected chi connectivity index (χ3v) is 6.10. The highest BCUT2D eigenvalue weighted by Crippen LogP contribution is 2.46. The Morgan fingerprint density at radius 1 is 0.882 bits per heavy atom. The first-order valence-corrected chi connectivity index (χ1v) is 10.8. The van der Waals surface area contributed by atoms with E-state index in [1.807, 2.05) is 6.07 Å². The van der Waals surface area contributed by atoms with Crippen molar-refractivity contribution in [2.45, 2.75) is 31.1 Å². The summed E-state index contributed by atoms with van der Waals surface area (Å²) in [6, 6.07) is 9.97. The molecule has 1 aliphatic carbocycles. The quantitative estimate of drug-likeness (QED) is 0.274. The van der Waals surface area contributed by atoms with Gasteiger partial charge in [-0.05, 0) is 60.9 Å². The molecule has 1 saturated carbocycles. The van der Waals surface area contributed by atoms with Crippen molar-refractivity contribution in [3.63, 3.8) is 0 Å². The number of hydrogen-bond acceptors (Lipinski definition) is 4. The van der Waals surface area contributed by atoms with Gasteiger partial charge in [0, 0.05) is 11.1 Å². The number of rotatable bonds is 6. The molecule has 4 rings (SSSR count). The Balaban J connectivity index is 1.63. The molecule has 34 heavy (non-hydrogen) atoms. The van der Waals surface area contributed by atoms with Gasteiger partial charge in [-0.1, -0.05) is 37.6 Å². The molecule has 3 heterocycles. The topological polar surface area (TPSA) is 64.7 Å². The Kier molecular flexibility index (Phi) is 6.58. The van der Waals surface area contributed by atoms with Crippen LogP contribution in [0.25, 0.3) is 17.0 Å². The van der Waals surface area contributed by atoms with Crippen molar-refractivity contribution < 1.29 is 17.6 Å². The summed E-state index contributed by atoms with van der Waals surface area (Å²) in [7, 11) is 0. The van der Waals surface area contributed by atoms with Crippen molar-refractivity contribution in [1.29, 1.82) is 0 Å². The normalized spacial score (nSPS) is 15.7. The minimum Gasteiger partial charge on any atom is -0.398 e. The van der Waals surface area contributed by atoms with Gasteiger partial charge in [0.2, 0.25) is 23.8 Å². The van der Waals surface area contributed by atoms with Gasteiger partial charge in [-0.25, -0.2) is 0 Å². The fourth-order valence-corrected chi connectivity index (χ4v) is 4.32. The van der Waals surface area contributed by atoms with E-state index < -0.39 is 29.2 Å². The van der Waals surface area contributed by atoms with Crippen LogP contribution in [-0.2, 0) is 5.41 Å². The first-order chi connectivity index (χ1) is 16.3. The van der Waals surface area contributed by atoms with Crippen molar-refractivity contribution in [2.24, 2.45) is 5.73 Å². The summed E-state index contributed by atoms with van der Waals surface area (Å²) in [5.74, 6) is -3.73. The summed E-state index contributed by atoms with van der Waals surface area (Å²) < 4.78 is 54.4. The first-order valence-electron chi connectivity index (χ1n) is 10.8. The van der Waals surface area contributed by atoms with Crippen LogP contribution in [0.1, 0.15) is 36.9 Å². The van der Waals surface area contributed by atoms with E-state index in [4.69, 9.17) is 5.73 Å². The number of halogens is 4. The summed E-state index contributed by atoms with van der Waals surface area (Å²) in [6.07, 6.45) is 8.45. The second kappa shape index (κ2) is 9.59. The van der Waals surface area contributed by atoms with Crippen molar-refractivity contribution in [1.82, 2.24) is 15.0 Å². The predicted octanol–water partition coefficient (Wildman–Crippen LogP) is 6.02. The van der Waals surface area contributed by atoms with Crippen LogP contribution in [0.4, 0.5) is 17.6 Å². The number of hydrogen-bond donors (Lipinski definition) is 1. The van der Waals surface area contributed by atoms with Crippen LogP contribution in [0, 0.1) is 23.8 Å². The lowest BCUT2D eigenvalue weighted by Crippen LogP contribution is -2.25. The molecule has 3 aromatic heterocycles. The highest BCUT2D eigenvalue weighted by Gasteiger charge is 2.38. The molecule has 0 radical (unpaired) electrons. The number of nitrogens with two attached hydrogens (primary N) is 1. The maximum atomic E-state index is 14.2. The Labute approximate surface area is 194 Å². The van der Waals surface area contributed by atoms with Crippen LogP contribution in [0.15, 0.2) is 72.8 Å². The van der Waals surface area contributed by atoms with Crippen LogP contribution in [0.5, 0.6) is 0 Å². The minimum atomic E-state index is -0.989. The van der Waals surface area contributed by atoms with Gasteiger partial charge < -0.3 is 5.73 Å². The molecule has 174 valence electrons. The molecule has 3 aromatic rings. The number of pyridine rings is 3. The van der Waals surface area contributed by atoms with Gasteiger partial charge in [0.1, 0.15) is 0 Å². The maximum absolute atomic E-state index is 14.2. The van der Waals surface area contributed by atoms with E-state index in [0.29, 0.717) is 5.69 Å². The van der Waals surface area contributed by atoms with Gasteiger partial charge in [0.05, 0.1) is 22.5 Å². The predicted molar refractivity (Wildman–Crippen MR) is 122 cm³/mol. The van der Waals surface area contributed by atoms with E-state index in [2.05, 4.69) is 21.5 Å². The molecular weight excluding hydrogens is 444 g/mol. The molecule has 1 aliphatic rings. The second-order valence-corrected chi connectivity index (χ2v) is 8.15. The molecule has 0 spiro atoms. The van der Waals surface area contributed by atoms with Gasteiger partial charge in [-0.15, -0.1) is 0 Å². The van der Waals surface area contributed by atoms with Crippen molar-refractivity contribution >= 4 is 5.70 Å². The zero-order valence-electron chi connectivity index (χ0n) is 18.2. The third kappa shape index (κ3) is 4.62. The summed E-state index contributed by atoms with van der Waals surface area (Å²) in [5, 5.41) is 0. The van der Waals surface area contributed by atoms with Gasteiger partial charge in [0.25, 0.3) is 0 Å². The van der Waals surface area contributed by atoms with Crippen LogP contribution in [0.3, 0.4) is 0 Å². The van der Waals surface area contributed by atoms with Crippen molar-refractivity contribution in [2.75, 3.05) is 0 Å². The van der Waals surface area contributed by atoms with Gasteiger partial charge in [-0.3, -0.25) is 4.98 Å². The molecule has 0 amide bonds. The molecule has 0 unspecified atom stereocenters. The van der Waals surface area contributed by atoms with E-state index in [1.165, 1.54) is 18.2 Å². The second-order valence-electron chi connectivity index (χ2n) is 8.15. The molecule has 8 heteroatoms. The Morgan fingerprint density at radius 2 is 1.56 bits per heavy atom. The Morgan fingerprint density at radius 3 is 2.24 bits per heavy atom. The lowest BCUT2D eigenvalue weighted by Gasteiger charge is -2.30. The van der Waals surface area contributed by atoms with E-state index in [1.54, 1.807) is 24.3 Å². The van der Waals surface area contributed by atoms with Gasteiger partial charge >= 0.3 is 0 Å². The zero-order valence-corrected chi connectivity index (χ0v) is 18.2. The van der Waals surface area contributed by atoms with Gasteiger partial charge in [0.15, 0.2) is 0 Å². The summed E-state index contributed by atoms with van der Waals surface area (Å²) in [6.45, 7) is 4.25. The highest BCUT2D eigenvalue weighted by atomic mass is 19.1. The van der Waals surface area contributed by atoms with E-state index >= 15 is 0 Å². The Bertz CT molecular complexity index is 1290. The molecule has 0 aromatic carbocycles. The highest BCUT2D eigenvalue weighted by molar-refractivity contribution is 5.64. The van der Waals surface area contributed by atoms with Crippen LogP contribution < -0.4 is 5.73 Å². The zero-order chi connectivity index (χ0) is 24.3. The van der Waals surface area contributed by atoms with Crippen LogP contribution >= 0.6 is 0 Å². The monoisotopic (exact) mass is 466 g/mol. The molecule has 0 atom stereocenters. The number of nitrogens with zero attached hydrogens (tertiary/aromatic N) is 3. The minimum absolute atomic E-state index is 0.00320. The fraction of sp³-hybridized carbons (Fsp3) is 0.192. The van der Waals surface area contributed by atoms with Crippen molar-refractivity contribution in [3.8, 4) is 11.3 Å². The molecule has 0 saturated heterocycles. The molecule has 1 fully saturated rings. The molecule has 0 aliphatic heterocycles. The lowest BCUT2D eigenvalue weighted by atomic mass is 9.75. The molecule has 4 nitrogen and oxygen atoms in total. The molecule has 2 N–H and O–H groups in total. The number of allylic oxidation sites excluding steroid dienone is 4. The SMILES string of the molecule is C=C(/C=C\C=C(/N)c1ccc(F)nc1F)C1(c2cccc(-c3ccc(F)nc3F)n2)CCCC1. The third-order valence-electron chi connectivity index (χ3n) is 6.10. The smallest absolute Gasteiger partial charge is 0.224 e. The van der Waals surface area contributed by atoms with E-state index in [-0.39, 0.29) is 16.8 Å². The van der Waals surface area contributed by atoms with E-state index in [9.17, 15) is 17.6 Å². The van der Waals surface area contributed by atoms with Gasteiger partial charge in [-0.2, -0.15) is 27.5 Å². The fourth-order valence-electron chi connectivity index (χ4n) is 4.32. The lowest BCUT2D eigenvalue weighted by molar-refractivity contribution is 0.510. The summed E-state index contributed by atoms with van der Waals surface area (Å²) in [4.78, 5) is 11.1. The van der Waals surface area contributed by atoms with Crippen molar-refractivity contribution in [3.05, 3.63) is 108 Å². The summed E-state index contributed by atoms with van der Waals surface area (Å²) >= 11 is 0. The average Bonchev–Trinajstić information content (AvgIpc) is 3.30. The van der Waals surface area contributed by atoms with Crippen LogP contribution in [0.2, 0.25) is 0 Å². The molecule has 0 bridgehead atoms. The largest absolute Gasteiger partial charge is 0.398 e. The number of aromatic nitrogens is 3. The van der Waals surface area contributed by atoms with Crippen LogP contribution in [-0.4, -0.2) is 15.0 Å².